The molecular formula is C21H18Cl2N4O2. The first-order chi connectivity index (χ1) is 14.0. The maximum atomic E-state index is 9.23. The highest BCUT2D eigenvalue weighted by atomic mass is 35.5. The van der Waals surface area contributed by atoms with Gasteiger partial charge in [-0.3, -0.25) is 4.84 Å². The van der Waals surface area contributed by atoms with Gasteiger partial charge in [0.15, 0.2) is 11.6 Å². The van der Waals surface area contributed by atoms with Gasteiger partial charge in [-0.15, -0.1) is 0 Å². The molecule has 0 radical (unpaired) electrons. The molecule has 0 saturated carbocycles. The predicted octanol–water partition coefficient (Wildman–Crippen LogP) is 4.45. The van der Waals surface area contributed by atoms with Gasteiger partial charge in [-0.05, 0) is 29.3 Å². The fraction of sp³-hybridized carbons (Fsp3) is 0.143. The van der Waals surface area contributed by atoms with Crippen LogP contribution < -0.4 is 10.8 Å². The number of aliphatic hydroxyl groups excluding tert-OH is 1. The lowest BCUT2D eigenvalue weighted by Crippen LogP contribution is -2.29. The maximum absolute atomic E-state index is 9.23. The van der Waals surface area contributed by atoms with Crippen molar-refractivity contribution in [2.45, 2.75) is 6.61 Å². The van der Waals surface area contributed by atoms with Crippen LogP contribution in [0.3, 0.4) is 0 Å². The van der Waals surface area contributed by atoms with Crippen LogP contribution in [0.2, 0.25) is 10.0 Å². The number of nitrogens with zero attached hydrogens (tertiary/aromatic N) is 3. The second kappa shape index (κ2) is 8.00. The molecule has 148 valence electrons. The van der Waals surface area contributed by atoms with Crippen molar-refractivity contribution in [3.63, 3.8) is 0 Å². The number of aromatic nitrogens is 2. The Labute approximate surface area is 178 Å². The van der Waals surface area contributed by atoms with E-state index in [1.807, 2.05) is 30.3 Å². The molecular weight excluding hydrogens is 411 g/mol. The molecule has 0 bridgehead atoms. The van der Waals surface area contributed by atoms with Crippen LogP contribution in [0.15, 0.2) is 42.5 Å². The van der Waals surface area contributed by atoms with Gasteiger partial charge in [0.25, 0.3) is 0 Å². The molecule has 1 aliphatic heterocycles. The molecule has 2 aromatic carbocycles. The Morgan fingerprint density at radius 1 is 1.10 bits per heavy atom. The lowest BCUT2D eigenvalue weighted by Gasteiger charge is -2.29. The van der Waals surface area contributed by atoms with Crippen LogP contribution in [0.4, 0.5) is 11.6 Å². The van der Waals surface area contributed by atoms with Crippen LogP contribution in [0.1, 0.15) is 16.7 Å². The zero-order valence-corrected chi connectivity index (χ0v) is 17.1. The van der Waals surface area contributed by atoms with Gasteiger partial charge < -0.3 is 10.8 Å². The van der Waals surface area contributed by atoms with Gasteiger partial charge >= 0.3 is 0 Å². The summed E-state index contributed by atoms with van der Waals surface area (Å²) in [5.41, 5.74) is 10.1. The first-order valence-electron chi connectivity index (χ1n) is 8.86. The Bertz CT molecular complexity index is 1080. The summed E-state index contributed by atoms with van der Waals surface area (Å²) in [4.78, 5) is 14.7. The Balaban J connectivity index is 1.83. The largest absolute Gasteiger partial charge is 0.392 e. The molecule has 3 N–H and O–H groups in total. The third-order valence-electron chi connectivity index (χ3n) is 4.72. The minimum absolute atomic E-state index is 0.0247. The van der Waals surface area contributed by atoms with E-state index in [4.69, 9.17) is 33.8 Å². The number of nitrogen functional groups attached to an aromatic ring is 1. The summed E-state index contributed by atoms with van der Waals surface area (Å²) in [7, 11) is 1.56. The third-order valence-corrected chi connectivity index (χ3v) is 5.35. The highest BCUT2D eigenvalue weighted by Gasteiger charge is 2.26. The normalized spacial score (nSPS) is 13.2. The molecule has 6 nitrogen and oxygen atoms in total. The lowest BCUT2D eigenvalue weighted by molar-refractivity contribution is 0.173. The summed E-state index contributed by atoms with van der Waals surface area (Å²) in [6.07, 6.45) is 1.89. The lowest BCUT2D eigenvalue weighted by atomic mass is 9.99. The standard InChI is InChI=1S/C21H18Cl2N4O2/c1-29-27-10-14(18-16(22)3-2-4-17(18)23)9-15-19(24)25-20(26-21(15)27)13-7-5-12(11-28)6-8-13/h2-9,28H,10-11H2,1H3,(H2,24,25,26). The molecule has 2 heterocycles. The van der Waals surface area contributed by atoms with Crippen LogP contribution in [0.5, 0.6) is 0 Å². The van der Waals surface area contributed by atoms with Gasteiger partial charge in [0.2, 0.25) is 0 Å². The van der Waals surface area contributed by atoms with Crippen LogP contribution in [0.25, 0.3) is 23.0 Å². The average molecular weight is 429 g/mol. The highest BCUT2D eigenvalue weighted by molar-refractivity contribution is 6.38. The summed E-state index contributed by atoms with van der Waals surface area (Å²) >= 11 is 12.8. The number of aliphatic hydroxyl groups is 1. The van der Waals surface area contributed by atoms with Gasteiger partial charge in [0.1, 0.15) is 5.82 Å². The zero-order valence-electron chi connectivity index (χ0n) is 15.6. The molecule has 1 aliphatic rings. The van der Waals surface area contributed by atoms with Crippen LogP contribution in [0, 0.1) is 0 Å². The number of benzene rings is 2. The summed E-state index contributed by atoms with van der Waals surface area (Å²) < 4.78 is 0. The molecule has 0 aliphatic carbocycles. The van der Waals surface area contributed by atoms with Gasteiger partial charge in [0.05, 0.1) is 25.8 Å². The maximum Gasteiger partial charge on any atom is 0.166 e. The topological polar surface area (TPSA) is 84.5 Å². The van der Waals surface area contributed by atoms with E-state index >= 15 is 0 Å². The van der Waals surface area contributed by atoms with Crippen molar-refractivity contribution in [1.29, 1.82) is 0 Å². The summed E-state index contributed by atoms with van der Waals surface area (Å²) in [5.74, 6) is 1.35. The third kappa shape index (κ3) is 3.68. The SMILES string of the molecule is CON1CC(c2c(Cl)cccc2Cl)=Cc2c(N)nc(-c3ccc(CO)cc3)nc21. The number of hydrogen-bond acceptors (Lipinski definition) is 6. The summed E-state index contributed by atoms with van der Waals surface area (Å²) in [6, 6.07) is 12.7. The van der Waals surface area contributed by atoms with Crippen molar-refractivity contribution in [1.82, 2.24) is 9.97 Å². The molecule has 1 aromatic heterocycles. The van der Waals surface area contributed by atoms with E-state index in [2.05, 4.69) is 9.97 Å². The molecule has 0 amide bonds. The summed E-state index contributed by atoms with van der Waals surface area (Å²) in [6.45, 7) is 0.370. The number of fused-ring (bicyclic) bond motifs is 1. The number of nitrogens with two attached hydrogens (primary N) is 1. The predicted molar refractivity (Wildman–Crippen MR) is 116 cm³/mol. The van der Waals surface area contributed by atoms with E-state index < -0.39 is 0 Å². The van der Waals surface area contributed by atoms with Crippen molar-refractivity contribution >= 4 is 46.5 Å². The first kappa shape index (κ1) is 19.7. The Morgan fingerprint density at radius 3 is 2.41 bits per heavy atom. The van der Waals surface area contributed by atoms with Crippen molar-refractivity contribution < 1.29 is 9.94 Å². The van der Waals surface area contributed by atoms with E-state index in [1.54, 1.807) is 30.4 Å². The zero-order chi connectivity index (χ0) is 20.5. The van der Waals surface area contributed by atoms with Crippen LogP contribution in [-0.2, 0) is 11.4 Å². The minimum Gasteiger partial charge on any atom is -0.392 e. The number of hydroxylamine groups is 1. The van der Waals surface area contributed by atoms with Crippen LogP contribution >= 0.6 is 23.2 Å². The number of rotatable bonds is 4. The monoisotopic (exact) mass is 428 g/mol. The number of halogens is 2. The van der Waals surface area contributed by atoms with Crippen LogP contribution in [-0.4, -0.2) is 28.7 Å². The van der Waals surface area contributed by atoms with Crippen molar-refractivity contribution in [2.24, 2.45) is 0 Å². The Morgan fingerprint density at radius 2 is 1.79 bits per heavy atom. The highest BCUT2D eigenvalue weighted by Crippen LogP contribution is 2.39. The quantitative estimate of drug-likeness (QED) is 0.638. The fourth-order valence-electron chi connectivity index (χ4n) is 3.25. The average Bonchev–Trinajstić information content (AvgIpc) is 2.73. The van der Waals surface area contributed by atoms with Gasteiger partial charge in [-0.25, -0.2) is 15.0 Å². The molecule has 0 unspecified atom stereocenters. The molecule has 0 atom stereocenters. The van der Waals surface area contributed by atoms with E-state index in [0.717, 1.165) is 22.3 Å². The number of hydrogen-bond donors (Lipinski definition) is 2. The Hall–Kier alpha value is -2.64. The summed E-state index contributed by atoms with van der Waals surface area (Å²) in [5, 5.41) is 11.9. The second-order valence-corrected chi connectivity index (χ2v) is 7.32. The minimum atomic E-state index is -0.0247. The van der Waals surface area contributed by atoms with E-state index in [1.165, 1.54) is 0 Å². The van der Waals surface area contributed by atoms with Crippen molar-refractivity contribution in [3.8, 4) is 11.4 Å². The van der Waals surface area contributed by atoms with E-state index in [9.17, 15) is 5.11 Å². The van der Waals surface area contributed by atoms with Gasteiger partial charge in [-0.2, -0.15) is 0 Å². The van der Waals surface area contributed by atoms with Crippen molar-refractivity contribution in [3.05, 3.63) is 69.2 Å². The molecule has 0 spiro atoms. The smallest absolute Gasteiger partial charge is 0.166 e. The molecule has 0 fully saturated rings. The first-order valence-corrected chi connectivity index (χ1v) is 9.61. The fourth-order valence-corrected chi connectivity index (χ4v) is 3.89. The number of anilines is 2. The molecule has 3 aromatic rings. The molecule has 8 heteroatoms. The second-order valence-electron chi connectivity index (χ2n) is 6.51. The molecule has 0 saturated heterocycles. The van der Waals surface area contributed by atoms with E-state index in [0.29, 0.717) is 39.6 Å². The Kier molecular flexibility index (Phi) is 5.43. The van der Waals surface area contributed by atoms with E-state index in [-0.39, 0.29) is 6.61 Å². The van der Waals surface area contributed by atoms with Crippen molar-refractivity contribution in [2.75, 3.05) is 24.5 Å². The molecule has 29 heavy (non-hydrogen) atoms. The van der Waals surface area contributed by atoms with Gasteiger partial charge in [-0.1, -0.05) is 53.5 Å². The molecule has 4 rings (SSSR count). The van der Waals surface area contributed by atoms with Gasteiger partial charge in [0, 0.05) is 21.2 Å².